The molecule has 1 aliphatic carbocycles. The summed E-state index contributed by atoms with van der Waals surface area (Å²) in [4.78, 5) is 10.7. The van der Waals surface area contributed by atoms with Gasteiger partial charge in [0.15, 0.2) is 9.84 Å². The van der Waals surface area contributed by atoms with Crippen molar-refractivity contribution in [1.82, 2.24) is 9.78 Å². The monoisotopic (exact) mass is 720 g/mol. The van der Waals surface area contributed by atoms with Gasteiger partial charge >= 0.3 is 18.3 Å². The quantitative estimate of drug-likeness (QED) is 0.138. The lowest BCUT2D eigenvalue weighted by Crippen LogP contribution is -2.56. The smallest absolute Gasteiger partial charge is 0.430 e. The second-order valence-electron chi connectivity index (χ2n) is 11.4. The fourth-order valence-electron chi connectivity index (χ4n) is 6.06. The van der Waals surface area contributed by atoms with E-state index < -0.39 is 73.7 Å². The van der Waals surface area contributed by atoms with E-state index in [0.29, 0.717) is 35.5 Å². The molecule has 0 bridgehead atoms. The maximum absolute atomic E-state index is 14.5. The summed E-state index contributed by atoms with van der Waals surface area (Å²) < 4.78 is 162. The van der Waals surface area contributed by atoms with Crippen molar-refractivity contribution >= 4 is 15.8 Å². The van der Waals surface area contributed by atoms with Crippen molar-refractivity contribution in [3.63, 3.8) is 0 Å². The number of carboxylic acids is 1. The lowest BCUT2D eigenvalue weighted by atomic mass is 9.80. The van der Waals surface area contributed by atoms with Gasteiger partial charge in [-0.1, -0.05) is 30.3 Å². The number of hydrogen-bond donors (Lipinski definition) is 1. The summed E-state index contributed by atoms with van der Waals surface area (Å²) in [6.07, 6.45) is -12.1. The highest BCUT2D eigenvalue weighted by Gasteiger charge is 2.73. The first-order chi connectivity index (χ1) is 22.8. The molecule has 17 heteroatoms. The Balaban J connectivity index is 1.63. The third-order valence-electron chi connectivity index (χ3n) is 8.56. The first-order valence-electron chi connectivity index (χ1n) is 14.4. The Morgan fingerprint density at radius 3 is 2.04 bits per heavy atom. The van der Waals surface area contributed by atoms with Crippen LogP contribution in [-0.2, 0) is 55.7 Å². The molecule has 0 saturated carbocycles. The third kappa shape index (κ3) is 6.29. The number of rotatable bonds is 10. The molecule has 0 saturated heterocycles. The molecule has 1 atom stereocenters. The van der Waals surface area contributed by atoms with Crippen LogP contribution in [0.3, 0.4) is 0 Å². The van der Waals surface area contributed by atoms with Gasteiger partial charge in [-0.2, -0.15) is 31.4 Å². The number of halogens is 9. The molecule has 0 spiro atoms. The largest absolute Gasteiger partial charge is 0.481 e. The summed E-state index contributed by atoms with van der Waals surface area (Å²) in [6.45, 7) is -1.82. The van der Waals surface area contributed by atoms with Gasteiger partial charge in [0, 0.05) is 16.8 Å². The van der Waals surface area contributed by atoms with E-state index in [0.717, 1.165) is 42.5 Å². The van der Waals surface area contributed by atoms with Crippen LogP contribution >= 0.6 is 0 Å². The standard InChI is InChI=1S/C32H25F9N2O5S/c33-22-8-10-23(11-9-22)49(46,47)29(14-12-27-19(16-29)17-42-43(27)15-13-28(44)45)20-4-6-21(7-5-20)30(31(36,37)38,32(39,40)41)48-18-24-25(34)2-1-3-26(24)35/h1-11,17H,12-16,18H2,(H,44,45). The van der Waals surface area contributed by atoms with E-state index in [9.17, 15) is 52.7 Å². The fraction of sp³-hybridized carbons (Fsp3) is 0.312. The number of hydrogen-bond acceptors (Lipinski definition) is 5. The third-order valence-corrected chi connectivity index (χ3v) is 11.1. The molecular formula is C32H25F9N2O5S. The molecule has 1 aliphatic rings. The second-order valence-corrected chi connectivity index (χ2v) is 13.6. The molecule has 1 heterocycles. The van der Waals surface area contributed by atoms with Crippen LogP contribution in [0.15, 0.2) is 77.8 Å². The van der Waals surface area contributed by atoms with Crippen LogP contribution in [0.1, 0.15) is 40.8 Å². The zero-order valence-electron chi connectivity index (χ0n) is 25.0. The topological polar surface area (TPSA) is 98.5 Å². The van der Waals surface area contributed by atoms with Crippen LogP contribution in [-0.4, -0.2) is 41.6 Å². The van der Waals surface area contributed by atoms with Gasteiger partial charge in [-0.25, -0.2) is 21.6 Å². The lowest BCUT2D eigenvalue weighted by Gasteiger charge is -2.39. The Morgan fingerprint density at radius 2 is 1.49 bits per heavy atom. The number of carbonyl (C=O) groups is 1. The number of aromatic nitrogens is 2. The van der Waals surface area contributed by atoms with Gasteiger partial charge in [-0.05, 0) is 66.8 Å². The average molecular weight is 721 g/mol. The van der Waals surface area contributed by atoms with Gasteiger partial charge in [0.1, 0.15) is 22.2 Å². The van der Waals surface area contributed by atoms with Crippen LogP contribution in [0.25, 0.3) is 0 Å². The Hall–Kier alpha value is -4.38. The van der Waals surface area contributed by atoms with Gasteiger partial charge in [-0.15, -0.1) is 0 Å². The van der Waals surface area contributed by atoms with Crippen LogP contribution in [0.4, 0.5) is 39.5 Å². The molecule has 262 valence electrons. The van der Waals surface area contributed by atoms with Gasteiger partial charge in [0.2, 0.25) is 0 Å². The number of carboxylic acid groups (broad SMARTS) is 1. The van der Waals surface area contributed by atoms with Gasteiger partial charge in [-0.3, -0.25) is 9.48 Å². The van der Waals surface area contributed by atoms with Crippen molar-refractivity contribution in [1.29, 1.82) is 0 Å². The van der Waals surface area contributed by atoms with Crippen LogP contribution < -0.4 is 0 Å². The number of benzene rings is 3. The van der Waals surface area contributed by atoms with E-state index >= 15 is 0 Å². The minimum atomic E-state index is -6.23. The zero-order valence-corrected chi connectivity index (χ0v) is 25.8. The van der Waals surface area contributed by atoms with E-state index in [1.54, 1.807) is 0 Å². The molecule has 3 aromatic carbocycles. The van der Waals surface area contributed by atoms with E-state index in [-0.39, 0.29) is 42.7 Å². The maximum Gasteiger partial charge on any atom is 0.430 e. The second kappa shape index (κ2) is 12.8. The Morgan fingerprint density at radius 1 is 0.898 bits per heavy atom. The van der Waals surface area contributed by atoms with Gasteiger partial charge in [0.05, 0.1) is 30.7 Å². The average Bonchev–Trinajstić information content (AvgIpc) is 3.42. The molecule has 4 aromatic rings. The van der Waals surface area contributed by atoms with Gasteiger partial charge in [0.25, 0.3) is 5.60 Å². The number of fused-ring (bicyclic) bond motifs is 1. The Bertz CT molecular complexity index is 1920. The molecule has 7 nitrogen and oxygen atoms in total. The molecule has 1 aromatic heterocycles. The normalized spacial score (nSPS) is 17.2. The maximum atomic E-state index is 14.5. The zero-order chi connectivity index (χ0) is 36.0. The molecule has 49 heavy (non-hydrogen) atoms. The Kier molecular flexibility index (Phi) is 9.40. The molecule has 0 radical (unpaired) electrons. The van der Waals surface area contributed by atoms with Gasteiger partial charge < -0.3 is 9.84 Å². The minimum absolute atomic E-state index is 0.0382. The number of sulfone groups is 1. The number of ether oxygens (including phenoxy) is 1. The lowest BCUT2D eigenvalue weighted by molar-refractivity contribution is -0.392. The van der Waals surface area contributed by atoms with E-state index in [2.05, 4.69) is 9.84 Å². The molecular weight excluding hydrogens is 695 g/mol. The number of nitrogens with zero attached hydrogens (tertiary/aromatic N) is 2. The van der Waals surface area contributed by atoms with Crippen molar-refractivity contribution < 1.29 is 62.6 Å². The van der Waals surface area contributed by atoms with Crippen LogP contribution in [0.5, 0.6) is 0 Å². The highest BCUT2D eigenvalue weighted by atomic mass is 32.2. The van der Waals surface area contributed by atoms with Crippen molar-refractivity contribution in [2.45, 2.75) is 66.4 Å². The van der Waals surface area contributed by atoms with E-state index in [1.165, 1.54) is 10.9 Å². The number of aryl methyl sites for hydroxylation is 1. The summed E-state index contributed by atoms with van der Waals surface area (Å²) in [7, 11) is -4.57. The predicted octanol–water partition coefficient (Wildman–Crippen LogP) is 7.17. The van der Waals surface area contributed by atoms with Crippen molar-refractivity contribution in [3.8, 4) is 0 Å². The molecule has 0 fully saturated rings. The molecule has 5 rings (SSSR count). The molecule has 0 amide bonds. The number of alkyl halides is 6. The first kappa shape index (κ1) is 35.9. The summed E-state index contributed by atoms with van der Waals surface area (Å²) in [6, 6.07) is 8.14. The van der Waals surface area contributed by atoms with E-state index in [1.807, 2.05) is 0 Å². The molecule has 1 unspecified atom stereocenters. The molecule has 0 aliphatic heterocycles. The number of aliphatic carboxylic acids is 1. The van der Waals surface area contributed by atoms with Crippen molar-refractivity contribution in [2.24, 2.45) is 0 Å². The van der Waals surface area contributed by atoms with Crippen molar-refractivity contribution in [2.75, 3.05) is 0 Å². The summed E-state index contributed by atoms with van der Waals surface area (Å²) >= 11 is 0. The van der Waals surface area contributed by atoms with Crippen LogP contribution in [0.2, 0.25) is 0 Å². The summed E-state index contributed by atoms with van der Waals surface area (Å²) in [5.74, 6) is -4.77. The SMILES string of the molecule is O=C(O)CCn1ncc2c1CCC(c1ccc(C(OCc3c(F)cccc3F)(C(F)(F)F)C(F)(F)F)cc1)(S(=O)(=O)c1ccc(F)cc1)C2. The molecule has 1 N–H and O–H groups in total. The Labute approximate surface area is 272 Å². The minimum Gasteiger partial charge on any atom is -0.481 e. The highest BCUT2D eigenvalue weighted by Crippen LogP contribution is 2.54. The van der Waals surface area contributed by atoms with Crippen molar-refractivity contribution in [3.05, 3.63) is 118 Å². The first-order valence-corrected chi connectivity index (χ1v) is 15.9. The summed E-state index contributed by atoms with van der Waals surface area (Å²) in [5.41, 5.74) is -7.21. The summed E-state index contributed by atoms with van der Waals surface area (Å²) in [5, 5.41) is 13.2. The predicted molar refractivity (Wildman–Crippen MR) is 153 cm³/mol. The highest BCUT2D eigenvalue weighted by molar-refractivity contribution is 7.92. The van der Waals surface area contributed by atoms with E-state index in [4.69, 9.17) is 5.11 Å². The van der Waals surface area contributed by atoms with Crippen LogP contribution in [0, 0.1) is 17.5 Å². The fourth-order valence-corrected chi connectivity index (χ4v) is 8.17.